The van der Waals surface area contributed by atoms with Gasteiger partial charge in [-0.15, -0.1) is 0 Å². The van der Waals surface area contributed by atoms with Gasteiger partial charge in [-0.3, -0.25) is 4.79 Å². The van der Waals surface area contributed by atoms with E-state index in [0.29, 0.717) is 11.8 Å². The predicted molar refractivity (Wildman–Crippen MR) is 96.7 cm³/mol. The molecule has 0 aliphatic heterocycles. The van der Waals surface area contributed by atoms with Gasteiger partial charge in [0, 0.05) is 25.6 Å². The highest BCUT2D eigenvalue weighted by molar-refractivity contribution is 5.78. The molecule has 0 heterocycles. The molecule has 0 bridgehead atoms. The van der Waals surface area contributed by atoms with Crippen LogP contribution in [0.1, 0.15) is 71.1 Å². The van der Waals surface area contributed by atoms with Crippen molar-refractivity contribution < 1.29 is 9.59 Å². The first-order valence-corrected chi connectivity index (χ1v) is 9.98. The maximum Gasteiger partial charge on any atom is 0.314 e. The third-order valence-electron chi connectivity index (χ3n) is 5.59. The van der Waals surface area contributed by atoms with Gasteiger partial charge in [0.2, 0.25) is 5.91 Å². The van der Waals surface area contributed by atoms with Gasteiger partial charge >= 0.3 is 6.03 Å². The fraction of sp³-hybridized carbons (Fsp3) is 0.895. The molecule has 0 atom stereocenters. The van der Waals surface area contributed by atoms with Crippen molar-refractivity contribution in [2.24, 2.45) is 17.8 Å². The molecule has 2 fully saturated rings. The quantitative estimate of drug-likeness (QED) is 0.667. The normalized spacial score (nSPS) is 25.0. The van der Waals surface area contributed by atoms with E-state index >= 15 is 0 Å². The van der Waals surface area contributed by atoms with Crippen LogP contribution in [0.4, 0.5) is 4.79 Å². The summed E-state index contributed by atoms with van der Waals surface area (Å²) < 4.78 is 0. The van der Waals surface area contributed by atoms with Crippen LogP contribution in [-0.2, 0) is 4.79 Å². The molecule has 3 amide bonds. The van der Waals surface area contributed by atoms with E-state index in [-0.39, 0.29) is 17.9 Å². The summed E-state index contributed by atoms with van der Waals surface area (Å²) in [6.45, 7) is 4.40. The molecule has 2 saturated carbocycles. The van der Waals surface area contributed by atoms with Crippen molar-refractivity contribution in [3.63, 3.8) is 0 Å². The zero-order chi connectivity index (χ0) is 17.2. The number of rotatable bonds is 7. The zero-order valence-corrected chi connectivity index (χ0v) is 15.2. The van der Waals surface area contributed by atoms with Crippen molar-refractivity contribution in [2.45, 2.75) is 71.1 Å². The first-order chi connectivity index (χ1) is 11.7. The third kappa shape index (κ3) is 6.70. The highest BCUT2D eigenvalue weighted by atomic mass is 16.2. The SMILES string of the molecule is CCCNC(=O)NCC1CCC(CNC(=O)C2CCCCC2)CC1. The van der Waals surface area contributed by atoms with Crippen LogP contribution in [0, 0.1) is 17.8 Å². The summed E-state index contributed by atoms with van der Waals surface area (Å²) in [5.74, 6) is 1.75. The fourth-order valence-electron chi connectivity index (χ4n) is 3.93. The van der Waals surface area contributed by atoms with Gasteiger partial charge in [-0.25, -0.2) is 4.79 Å². The Balaban J connectivity index is 1.55. The summed E-state index contributed by atoms with van der Waals surface area (Å²) in [7, 11) is 0. The average Bonchev–Trinajstić information content (AvgIpc) is 2.64. The molecule has 138 valence electrons. The minimum absolute atomic E-state index is 0.0429. The second-order valence-electron chi connectivity index (χ2n) is 7.60. The van der Waals surface area contributed by atoms with Crippen LogP contribution in [0.15, 0.2) is 0 Å². The number of hydrogen-bond donors (Lipinski definition) is 3. The van der Waals surface area contributed by atoms with Crippen LogP contribution < -0.4 is 16.0 Å². The maximum absolute atomic E-state index is 12.2. The predicted octanol–water partition coefficient (Wildman–Crippen LogP) is 3.20. The Morgan fingerprint density at radius 2 is 1.38 bits per heavy atom. The Labute approximate surface area is 146 Å². The molecule has 3 N–H and O–H groups in total. The number of urea groups is 1. The Bertz CT molecular complexity index is 386. The molecule has 0 saturated heterocycles. The van der Waals surface area contributed by atoms with Gasteiger partial charge in [-0.2, -0.15) is 0 Å². The summed E-state index contributed by atoms with van der Waals surface area (Å²) >= 11 is 0. The Hall–Kier alpha value is -1.26. The van der Waals surface area contributed by atoms with E-state index in [1.165, 1.54) is 19.3 Å². The molecule has 0 spiro atoms. The van der Waals surface area contributed by atoms with E-state index in [4.69, 9.17) is 0 Å². The molecule has 5 nitrogen and oxygen atoms in total. The summed E-state index contributed by atoms with van der Waals surface area (Å²) in [4.78, 5) is 23.8. The van der Waals surface area contributed by atoms with Crippen LogP contribution in [0.5, 0.6) is 0 Å². The van der Waals surface area contributed by atoms with E-state index in [1.54, 1.807) is 0 Å². The number of hydrogen-bond acceptors (Lipinski definition) is 2. The smallest absolute Gasteiger partial charge is 0.314 e. The molecule has 0 aromatic heterocycles. The van der Waals surface area contributed by atoms with Crippen molar-refractivity contribution in [1.29, 1.82) is 0 Å². The largest absolute Gasteiger partial charge is 0.356 e. The van der Waals surface area contributed by atoms with Crippen molar-refractivity contribution in [2.75, 3.05) is 19.6 Å². The lowest BCUT2D eigenvalue weighted by molar-refractivity contribution is -0.126. The first kappa shape index (κ1) is 19.1. The van der Waals surface area contributed by atoms with Crippen LogP contribution in [0.25, 0.3) is 0 Å². The number of nitrogens with one attached hydrogen (secondary N) is 3. The topological polar surface area (TPSA) is 70.2 Å². The molecule has 2 aliphatic carbocycles. The number of carbonyl (C=O) groups is 2. The highest BCUT2D eigenvalue weighted by Gasteiger charge is 2.24. The number of amides is 3. The van der Waals surface area contributed by atoms with E-state index in [2.05, 4.69) is 22.9 Å². The second kappa shape index (κ2) is 10.6. The highest BCUT2D eigenvalue weighted by Crippen LogP contribution is 2.28. The Morgan fingerprint density at radius 1 is 0.792 bits per heavy atom. The molecule has 2 rings (SSSR count). The van der Waals surface area contributed by atoms with Gasteiger partial charge in [0.05, 0.1) is 0 Å². The van der Waals surface area contributed by atoms with Crippen molar-refractivity contribution in [1.82, 2.24) is 16.0 Å². The third-order valence-corrected chi connectivity index (χ3v) is 5.59. The van der Waals surface area contributed by atoms with Gasteiger partial charge < -0.3 is 16.0 Å². The molecule has 5 heteroatoms. The lowest BCUT2D eigenvalue weighted by Gasteiger charge is -2.29. The minimum atomic E-state index is -0.0429. The van der Waals surface area contributed by atoms with E-state index in [1.807, 2.05) is 0 Å². The van der Waals surface area contributed by atoms with Gasteiger partial charge in [0.15, 0.2) is 0 Å². The monoisotopic (exact) mass is 337 g/mol. The minimum Gasteiger partial charge on any atom is -0.356 e. The van der Waals surface area contributed by atoms with Crippen molar-refractivity contribution in [3.8, 4) is 0 Å². The molecular formula is C19H35N3O2. The Kier molecular flexibility index (Phi) is 8.40. The van der Waals surface area contributed by atoms with Gasteiger partial charge in [0.25, 0.3) is 0 Å². The van der Waals surface area contributed by atoms with E-state index < -0.39 is 0 Å². The molecular weight excluding hydrogens is 302 g/mol. The molecule has 2 aliphatic rings. The summed E-state index contributed by atoms with van der Waals surface area (Å²) in [6.07, 6.45) is 11.4. The summed E-state index contributed by atoms with van der Waals surface area (Å²) in [5, 5.41) is 9.01. The number of carbonyl (C=O) groups excluding carboxylic acids is 2. The lowest BCUT2D eigenvalue weighted by Crippen LogP contribution is -2.40. The molecule has 0 aromatic rings. The van der Waals surface area contributed by atoms with Gasteiger partial charge in [-0.1, -0.05) is 26.2 Å². The fourth-order valence-corrected chi connectivity index (χ4v) is 3.93. The van der Waals surface area contributed by atoms with Gasteiger partial charge in [-0.05, 0) is 56.8 Å². The second-order valence-corrected chi connectivity index (χ2v) is 7.60. The van der Waals surface area contributed by atoms with E-state index in [0.717, 1.165) is 64.6 Å². The van der Waals surface area contributed by atoms with Gasteiger partial charge in [0.1, 0.15) is 0 Å². The van der Waals surface area contributed by atoms with Crippen LogP contribution in [0.3, 0.4) is 0 Å². The van der Waals surface area contributed by atoms with Crippen LogP contribution >= 0.6 is 0 Å². The maximum atomic E-state index is 12.2. The first-order valence-electron chi connectivity index (χ1n) is 9.98. The van der Waals surface area contributed by atoms with Crippen molar-refractivity contribution in [3.05, 3.63) is 0 Å². The molecule has 24 heavy (non-hydrogen) atoms. The zero-order valence-electron chi connectivity index (χ0n) is 15.2. The van der Waals surface area contributed by atoms with Crippen LogP contribution in [-0.4, -0.2) is 31.6 Å². The lowest BCUT2D eigenvalue weighted by atomic mass is 9.81. The summed E-state index contributed by atoms with van der Waals surface area (Å²) in [5.41, 5.74) is 0. The summed E-state index contributed by atoms with van der Waals surface area (Å²) in [6, 6.07) is -0.0429. The standard InChI is InChI=1S/C19H35N3O2/c1-2-12-20-19(24)22-14-16-10-8-15(9-11-16)13-21-18(23)17-6-4-3-5-7-17/h15-17H,2-14H2,1H3,(H,21,23)(H2,20,22,24). The van der Waals surface area contributed by atoms with E-state index in [9.17, 15) is 9.59 Å². The van der Waals surface area contributed by atoms with Crippen LogP contribution in [0.2, 0.25) is 0 Å². The Morgan fingerprint density at radius 3 is 1.96 bits per heavy atom. The molecule has 0 aromatic carbocycles. The molecule has 0 unspecified atom stereocenters. The molecule has 0 radical (unpaired) electrons. The van der Waals surface area contributed by atoms with Crippen molar-refractivity contribution >= 4 is 11.9 Å². The average molecular weight is 338 g/mol.